The maximum absolute atomic E-state index is 2.73. The Morgan fingerprint density at radius 3 is 2.83 bits per heavy atom. The van der Waals surface area contributed by atoms with Crippen LogP contribution in [0.15, 0.2) is 42.0 Å². The third-order valence-corrected chi connectivity index (χ3v) is 4.58. The highest BCUT2D eigenvalue weighted by Crippen LogP contribution is 2.36. The van der Waals surface area contributed by atoms with Crippen LogP contribution in [-0.2, 0) is 0 Å². The molecule has 1 nitrogen and oxygen atoms in total. The molecule has 0 aromatic heterocycles. The van der Waals surface area contributed by atoms with Crippen LogP contribution in [0.4, 0.5) is 0 Å². The van der Waals surface area contributed by atoms with Crippen molar-refractivity contribution in [3.05, 3.63) is 47.5 Å². The molecular formula is C17H23N. The molecule has 0 N–H and O–H groups in total. The van der Waals surface area contributed by atoms with Crippen LogP contribution >= 0.6 is 0 Å². The first-order chi connectivity index (χ1) is 8.86. The summed E-state index contributed by atoms with van der Waals surface area (Å²) in [6, 6.07) is 12.2. The molecule has 18 heavy (non-hydrogen) atoms. The Labute approximate surface area is 111 Å². The van der Waals surface area contributed by atoms with Gasteiger partial charge in [-0.1, -0.05) is 42.0 Å². The van der Waals surface area contributed by atoms with Crippen LogP contribution < -0.4 is 0 Å². The van der Waals surface area contributed by atoms with Gasteiger partial charge >= 0.3 is 0 Å². The van der Waals surface area contributed by atoms with Gasteiger partial charge < -0.3 is 0 Å². The maximum atomic E-state index is 2.73. The number of hydrogen-bond acceptors (Lipinski definition) is 1. The Morgan fingerprint density at radius 1 is 1.17 bits per heavy atom. The van der Waals surface area contributed by atoms with Crippen LogP contribution in [0.25, 0.3) is 0 Å². The quantitative estimate of drug-likeness (QED) is 0.697. The van der Waals surface area contributed by atoms with Gasteiger partial charge in [-0.05, 0) is 51.1 Å². The number of hydrogen-bond donors (Lipinski definition) is 0. The van der Waals surface area contributed by atoms with Gasteiger partial charge in [0.05, 0.1) is 0 Å². The summed E-state index contributed by atoms with van der Waals surface area (Å²) in [5, 5.41) is 0. The van der Waals surface area contributed by atoms with Crippen molar-refractivity contribution in [3.8, 4) is 0 Å². The smallest absolute Gasteiger partial charge is 0.0325 e. The summed E-state index contributed by atoms with van der Waals surface area (Å²) in [7, 11) is 0. The molecule has 2 aliphatic rings. The zero-order valence-electron chi connectivity index (χ0n) is 11.3. The average molecular weight is 241 g/mol. The third-order valence-electron chi connectivity index (χ3n) is 4.58. The van der Waals surface area contributed by atoms with Gasteiger partial charge in [0.25, 0.3) is 0 Å². The Kier molecular flexibility index (Phi) is 3.51. The molecule has 0 unspecified atom stereocenters. The second kappa shape index (κ2) is 5.27. The first-order valence-corrected chi connectivity index (χ1v) is 7.36. The molecule has 3 rings (SSSR count). The number of fused-ring (bicyclic) bond motifs is 1. The van der Waals surface area contributed by atoms with Gasteiger partial charge in [0.1, 0.15) is 0 Å². The van der Waals surface area contributed by atoms with E-state index < -0.39 is 0 Å². The van der Waals surface area contributed by atoms with Gasteiger partial charge in [0.15, 0.2) is 0 Å². The minimum Gasteiger partial charge on any atom is -0.290 e. The van der Waals surface area contributed by atoms with Crippen LogP contribution in [-0.4, -0.2) is 17.5 Å². The van der Waals surface area contributed by atoms with E-state index in [0.29, 0.717) is 6.04 Å². The maximum Gasteiger partial charge on any atom is 0.0325 e. The molecule has 1 aliphatic carbocycles. The van der Waals surface area contributed by atoms with Crippen molar-refractivity contribution in [2.75, 3.05) is 6.54 Å². The van der Waals surface area contributed by atoms with Crippen molar-refractivity contribution < 1.29 is 0 Å². The Morgan fingerprint density at radius 2 is 2.00 bits per heavy atom. The molecule has 1 aliphatic heterocycles. The van der Waals surface area contributed by atoms with Gasteiger partial charge in [-0.2, -0.15) is 0 Å². The van der Waals surface area contributed by atoms with Gasteiger partial charge in [0.2, 0.25) is 0 Å². The Balaban J connectivity index is 1.82. The lowest BCUT2D eigenvalue weighted by molar-refractivity contribution is 0.127. The number of rotatable bonds is 2. The van der Waals surface area contributed by atoms with Crippen LogP contribution in [0.2, 0.25) is 0 Å². The molecule has 96 valence electrons. The highest BCUT2D eigenvalue weighted by atomic mass is 15.2. The molecule has 1 heteroatoms. The summed E-state index contributed by atoms with van der Waals surface area (Å²) < 4.78 is 0. The molecule has 0 saturated carbocycles. The van der Waals surface area contributed by atoms with E-state index >= 15 is 0 Å². The average Bonchev–Trinajstić information content (AvgIpc) is 2.47. The zero-order valence-corrected chi connectivity index (χ0v) is 11.3. The predicted molar refractivity (Wildman–Crippen MR) is 76.5 cm³/mol. The largest absolute Gasteiger partial charge is 0.290 e. The van der Waals surface area contributed by atoms with Crippen molar-refractivity contribution >= 4 is 0 Å². The number of benzene rings is 1. The highest BCUT2D eigenvalue weighted by molar-refractivity contribution is 5.22. The molecule has 1 aromatic carbocycles. The van der Waals surface area contributed by atoms with E-state index in [1.807, 2.05) is 0 Å². The van der Waals surface area contributed by atoms with E-state index in [4.69, 9.17) is 0 Å². The van der Waals surface area contributed by atoms with Crippen LogP contribution in [0.3, 0.4) is 0 Å². The molecule has 0 bridgehead atoms. The topological polar surface area (TPSA) is 3.24 Å². The monoisotopic (exact) mass is 241 g/mol. The third kappa shape index (κ3) is 2.24. The SMILES string of the molecule is C[C@@H](c1ccccc1)N1CCCC2=CCCC[C@@H]21. The van der Waals surface area contributed by atoms with Gasteiger partial charge in [0, 0.05) is 12.1 Å². The second-order valence-electron chi connectivity index (χ2n) is 5.65. The standard InChI is InChI=1S/C17H23N/c1-14(15-8-3-2-4-9-15)18-13-7-11-16-10-5-6-12-17(16)18/h2-4,8-10,14,17H,5-7,11-13H2,1H3/t14-,17-/m0/s1. The molecule has 0 amide bonds. The fourth-order valence-electron chi connectivity index (χ4n) is 3.58. The zero-order chi connectivity index (χ0) is 12.4. The molecule has 1 heterocycles. The van der Waals surface area contributed by atoms with Crippen LogP contribution in [0, 0.1) is 0 Å². The van der Waals surface area contributed by atoms with E-state index in [1.54, 1.807) is 5.57 Å². The Bertz CT molecular complexity index is 420. The van der Waals surface area contributed by atoms with Gasteiger partial charge in [-0.3, -0.25) is 4.90 Å². The van der Waals surface area contributed by atoms with Gasteiger partial charge in [-0.25, -0.2) is 0 Å². The van der Waals surface area contributed by atoms with Crippen molar-refractivity contribution in [2.45, 2.75) is 51.1 Å². The molecule has 1 fully saturated rings. The summed E-state index contributed by atoms with van der Waals surface area (Å²) in [5.74, 6) is 0. The molecule has 0 radical (unpaired) electrons. The molecular weight excluding hydrogens is 218 g/mol. The van der Waals surface area contributed by atoms with Crippen LogP contribution in [0.1, 0.15) is 50.6 Å². The lowest BCUT2D eigenvalue weighted by atomic mass is 9.85. The minimum absolute atomic E-state index is 0.554. The normalized spacial score (nSPS) is 26.3. The minimum atomic E-state index is 0.554. The van der Waals surface area contributed by atoms with E-state index in [9.17, 15) is 0 Å². The number of likely N-dealkylation sites (tertiary alicyclic amines) is 1. The van der Waals surface area contributed by atoms with Crippen molar-refractivity contribution in [3.63, 3.8) is 0 Å². The summed E-state index contributed by atoms with van der Waals surface area (Å²) in [6.07, 6.45) is 9.22. The summed E-state index contributed by atoms with van der Waals surface area (Å²) in [5.41, 5.74) is 3.18. The van der Waals surface area contributed by atoms with E-state index in [2.05, 4.69) is 48.2 Å². The Hall–Kier alpha value is -1.08. The summed E-state index contributed by atoms with van der Waals surface area (Å²) >= 11 is 0. The number of allylic oxidation sites excluding steroid dienone is 1. The molecule has 1 saturated heterocycles. The first-order valence-electron chi connectivity index (χ1n) is 7.36. The molecule has 2 atom stereocenters. The van der Waals surface area contributed by atoms with E-state index in [-0.39, 0.29) is 0 Å². The second-order valence-corrected chi connectivity index (χ2v) is 5.65. The fraction of sp³-hybridized carbons (Fsp3) is 0.529. The van der Waals surface area contributed by atoms with Gasteiger partial charge in [-0.15, -0.1) is 0 Å². The lowest BCUT2D eigenvalue weighted by Crippen LogP contribution is -2.43. The van der Waals surface area contributed by atoms with E-state index in [0.717, 1.165) is 6.04 Å². The molecule has 0 spiro atoms. The van der Waals surface area contributed by atoms with Crippen molar-refractivity contribution in [1.82, 2.24) is 4.90 Å². The molecule has 1 aromatic rings. The van der Waals surface area contributed by atoms with Crippen LogP contribution in [0.5, 0.6) is 0 Å². The van der Waals surface area contributed by atoms with Crippen molar-refractivity contribution in [1.29, 1.82) is 0 Å². The fourth-order valence-corrected chi connectivity index (χ4v) is 3.58. The van der Waals surface area contributed by atoms with Crippen molar-refractivity contribution in [2.24, 2.45) is 0 Å². The number of nitrogens with zero attached hydrogens (tertiary/aromatic N) is 1. The predicted octanol–water partition coefficient (Wildman–Crippen LogP) is 4.32. The first kappa shape index (κ1) is 12.0. The van der Waals surface area contributed by atoms with E-state index in [1.165, 1.54) is 44.2 Å². The highest BCUT2D eigenvalue weighted by Gasteiger charge is 2.31. The number of piperidine rings is 1. The summed E-state index contributed by atoms with van der Waals surface area (Å²) in [4.78, 5) is 2.73. The lowest BCUT2D eigenvalue weighted by Gasteiger charge is -2.43. The summed E-state index contributed by atoms with van der Waals surface area (Å²) in [6.45, 7) is 3.63.